The zero-order valence-electron chi connectivity index (χ0n) is 16.0. The summed E-state index contributed by atoms with van der Waals surface area (Å²) in [6.45, 7) is 5.50. The van der Waals surface area contributed by atoms with E-state index < -0.39 is 17.7 Å². The molecule has 0 radical (unpaired) electrons. The first kappa shape index (κ1) is 19.1. The lowest BCUT2D eigenvalue weighted by Crippen LogP contribution is -2.51. The molecule has 3 atom stereocenters. The summed E-state index contributed by atoms with van der Waals surface area (Å²) in [5.41, 5.74) is 7.11. The Morgan fingerprint density at radius 3 is 2.92 bits per heavy atom. The van der Waals surface area contributed by atoms with Gasteiger partial charge in [-0.3, -0.25) is 4.79 Å². The molecular formula is C20H31N3O3. The fraction of sp³-hybridized carbons (Fsp3) is 0.650. The molecule has 0 spiro atoms. The summed E-state index contributed by atoms with van der Waals surface area (Å²) in [6.07, 6.45) is 2.97. The topological polar surface area (TPSA) is 87.8 Å². The van der Waals surface area contributed by atoms with Crippen LogP contribution in [0.15, 0.2) is 18.2 Å². The maximum absolute atomic E-state index is 12.2. The van der Waals surface area contributed by atoms with E-state index in [9.17, 15) is 9.90 Å². The molecule has 3 unspecified atom stereocenters. The lowest BCUT2D eigenvalue weighted by atomic mass is 9.86. The largest absolute Gasteiger partial charge is 0.485 e. The second kappa shape index (κ2) is 7.55. The summed E-state index contributed by atoms with van der Waals surface area (Å²) in [4.78, 5) is 14.6. The summed E-state index contributed by atoms with van der Waals surface area (Å²) in [7, 11) is 2.15. The Morgan fingerprint density at radius 2 is 2.23 bits per heavy atom. The lowest BCUT2D eigenvalue weighted by molar-refractivity contribution is -0.120. The number of hydrogen-bond acceptors (Lipinski definition) is 5. The van der Waals surface area contributed by atoms with Crippen LogP contribution in [-0.2, 0) is 11.2 Å². The third-order valence-electron chi connectivity index (χ3n) is 5.69. The average molecular weight is 361 g/mol. The van der Waals surface area contributed by atoms with E-state index in [1.54, 1.807) is 0 Å². The molecule has 0 aliphatic carbocycles. The molecule has 0 bridgehead atoms. The van der Waals surface area contributed by atoms with Crippen molar-refractivity contribution in [1.29, 1.82) is 0 Å². The number of fused-ring (bicyclic) bond motifs is 1. The maximum Gasteiger partial charge on any atom is 0.224 e. The van der Waals surface area contributed by atoms with E-state index in [2.05, 4.69) is 17.3 Å². The summed E-state index contributed by atoms with van der Waals surface area (Å²) in [5, 5.41) is 13.3. The third kappa shape index (κ3) is 4.03. The van der Waals surface area contributed by atoms with Crippen molar-refractivity contribution in [2.24, 2.45) is 5.73 Å². The van der Waals surface area contributed by atoms with Crippen molar-refractivity contribution in [1.82, 2.24) is 10.2 Å². The molecule has 1 aromatic rings. The van der Waals surface area contributed by atoms with Gasteiger partial charge in [0.1, 0.15) is 17.5 Å². The summed E-state index contributed by atoms with van der Waals surface area (Å²) >= 11 is 0. The monoisotopic (exact) mass is 361 g/mol. The minimum atomic E-state index is -0.789. The fourth-order valence-electron chi connectivity index (χ4n) is 3.98. The SMILES string of the molecule is CN1CCCC1CCNC(=O)Cc1ccc2c(c1)C(N)C(O)C(C)(C)O2. The van der Waals surface area contributed by atoms with Crippen molar-refractivity contribution in [2.45, 2.75) is 63.3 Å². The molecule has 1 amide bonds. The van der Waals surface area contributed by atoms with Gasteiger partial charge in [-0.25, -0.2) is 0 Å². The Kier molecular flexibility index (Phi) is 5.55. The van der Waals surface area contributed by atoms with Gasteiger partial charge in [0.05, 0.1) is 12.5 Å². The van der Waals surface area contributed by atoms with Gasteiger partial charge < -0.3 is 25.8 Å². The Labute approximate surface area is 155 Å². The van der Waals surface area contributed by atoms with Crippen LogP contribution in [0.5, 0.6) is 5.75 Å². The minimum Gasteiger partial charge on any atom is -0.485 e. The molecule has 6 nitrogen and oxygen atoms in total. The van der Waals surface area contributed by atoms with E-state index in [-0.39, 0.29) is 5.91 Å². The van der Waals surface area contributed by atoms with Crippen LogP contribution < -0.4 is 15.8 Å². The van der Waals surface area contributed by atoms with E-state index in [1.807, 2.05) is 32.0 Å². The Morgan fingerprint density at radius 1 is 1.46 bits per heavy atom. The predicted octanol–water partition coefficient (Wildman–Crippen LogP) is 1.36. The molecule has 2 aliphatic rings. The number of nitrogens with one attached hydrogen (secondary N) is 1. The van der Waals surface area contributed by atoms with Crippen LogP contribution in [-0.4, -0.2) is 53.8 Å². The van der Waals surface area contributed by atoms with E-state index in [0.717, 1.165) is 24.1 Å². The first-order valence-corrected chi connectivity index (χ1v) is 9.50. The van der Waals surface area contributed by atoms with Gasteiger partial charge in [-0.1, -0.05) is 6.07 Å². The van der Waals surface area contributed by atoms with Crippen molar-refractivity contribution < 1.29 is 14.6 Å². The van der Waals surface area contributed by atoms with Crippen LogP contribution in [0.25, 0.3) is 0 Å². The molecule has 1 aromatic carbocycles. The van der Waals surface area contributed by atoms with Crippen molar-refractivity contribution in [3.63, 3.8) is 0 Å². The van der Waals surface area contributed by atoms with Crippen molar-refractivity contribution in [3.8, 4) is 5.75 Å². The lowest BCUT2D eigenvalue weighted by Gasteiger charge is -2.40. The standard InChI is InChI=1S/C20H31N3O3/c1-20(2)19(25)18(21)15-11-13(6-7-16(15)26-20)12-17(24)22-9-8-14-5-4-10-23(14)3/h6-7,11,14,18-19,25H,4-5,8-10,12,21H2,1-3H3,(H,22,24). The van der Waals surface area contributed by atoms with Gasteiger partial charge in [0.2, 0.25) is 5.91 Å². The van der Waals surface area contributed by atoms with Crippen LogP contribution >= 0.6 is 0 Å². The second-order valence-corrected chi connectivity index (χ2v) is 8.14. The molecule has 0 saturated carbocycles. The van der Waals surface area contributed by atoms with Crippen molar-refractivity contribution >= 4 is 5.91 Å². The van der Waals surface area contributed by atoms with E-state index in [1.165, 1.54) is 12.8 Å². The summed E-state index contributed by atoms with van der Waals surface area (Å²) in [5.74, 6) is 0.693. The van der Waals surface area contributed by atoms with E-state index >= 15 is 0 Å². The second-order valence-electron chi connectivity index (χ2n) is 8.14. The Balaban J connectivity index is 1.56. The van der Waals surface area contributed by atoms with Crippen LogP contribution in [0.1, 0.15) is 50.3 Å². The minimum absolute atomic E-state index is 0.0109. The normalized spacial score (nSPS) is 27.7. The van der Waals surface area contributed by atoms with Gasteiger partial charge >= 0.3 is 0 Å². The highest BCUT2D eigenvalue weighted by Crippen LogP contribution is 2.38. The van der Waals surface area contributed by atoms with Crippen molar-refractivity contribution in [3.05, 3.63) is 29.3 Å². The van der Waals surface area contributed by atoms with E-state index in [4.69, 9.17) is 10.5 Å². The molecule has 4 N–H and O–H groups in total. The number of amides is 1. The van der Waals surface area contributed by atoms with Crippen LogP contribution in [0.2, 0.25) is 0 Å². The van der Waals surface area contributed by atoms with Gasteiger partial charge in [-0.2, -0.15) is 0 Å². The molecule has 2 aliphatic heterocycles. The number of carbonyl (C=O) groups excluding carboxylic acids is 1. The molecule has 26 heavy (non-hydrogen) atoms. The number of aliphatic hydroxyl groups is 1. The van der Waals surface area contributed by atoms with Crippen molar-refractivity contribution in [2.75, 3.05) is 20.1 Å². The molecule has 1 fully saturated rings. The zero-order chi connectivity index (χ0) is 18.9. The molecule has 144 valence electrons. The first-order valence-electron chi connectivity index (χ1n) is 9.50. The molecule has 0 aromatic heterocycles. The quantitative estimate of drug-likeness (QED) is 0.737. The number of ether oxygens (including phenoxy) is 1. The van der Waals surface area contributed by atoms with Gasteiger partial charge in [0, 0.05) is 18.2 Å². The van der Waals surface area contributed by atoms with Gasteiger partial charge in [0.15, 0.2) is 0 Å². The number of nitrogens with zero attached hydrogens (tertiary/aromatic N) is 1. The maximum atomic E-state index is 12.2. The van der Waals surface area contributed by atoms with Gasteiger partial charge in [-0.05, 0) is 64.4 Å². The summed E-state index contributed by atoms with van der Waals surface area (Å²) < 4.78 is 5.86. The zero-order valence-corrected chi connectivity index (χ0v) is 16.0. The highest BCUT2D eigenvalue weighted by molar-refractivity contribution is 5.78. The van der Waals surface area contributed by atoms with E-state index in [0.29, 0.717) is 24.8 Å². The third-order valence-corrected chi connectivity index (χ3v) is 5.69. The Bertz CT molecular complexity index is 662. The number of hydrogen-bond donors (Lipinski definition) is 3. The number of nitrogens with two attached hydrogens (primary N) is 1. The molecule has 1 saturated heterocycles. The summed E-state index contributed by atoms with van der Waals surface area (Å²) in [6, 6.07) is 5.68. The smallest absolute Gasteiger partial charge is 0.224 e. The highest BCUT2D eigenvalue weighted by atomic mass is 16.5. The molecule has 3 rings (SSSR count). The van der Waals surface area contributed by atoms with Gasteiger partial charge in [0.25, 0.3) is 0 Å². The Hall–Kier alpha value is -1.63. The van der Waals surface area contributed by atoms with Crippen LogP contribution in [0, 0.1) is 0 Å². The molecular weight excluding hydrogens is 330 g/mol. The van der Waals surface area contributed by atoms with Crippen LogP contribution in [0.4, 0.5) is 0 Å². The highest BCUT2D eigenvalue weighted by Gasteiger charge is 2.41. The number of likely N-dealkylation sites (tertiary alicyclic amines) is 1. The number of carbonyl (C=O) groups is 1. The molecule has 6 heteroatoms. The van der Waals surface area contributed by atoms with Gasteiger partial charge in [-0.15, -0.1) is 0 Å². The number of benzene rings is 1. The van der Waals surface area contributed by atoms with Crippen LogP contribution in [0.3, 0.4) is 0 Å². The predicted molar refractivity (Wildman–Crippen MR) is 101 cm³/mol. The number of rotatable bonds is 5. The number of aliphatic hydroxyl groups excluding tert-OH is 1. The first-order chi connectivity index (χ1) is 12.3. The molecule has 2 heterocycles. The fourth-order valence-corrected chi connectivity index (χ4v) is 3.98. The average Bonchev–Trinajstić information content (AvgIpc) is 2.99.